The highest BCUT2D eigenvalue weighted by Gasteiger charge is 2.17. The predicted octanol–water partition coefficient (Wildman–Crippen LogP) is 1.32. The Kier molecular flexibility index (Phi) is 4.64. The summed E-state index contributed by atoms with van der Waals surface area (Å²) in [7, 11) is 0. The van der Waals surface area contributed by atoms with Gasteiger partial charge in [-0.25, -0.2) is 9.50 Å². The number of nitrogens with zero attached hydrogens (tertiary/aromatic N) is 5. The molecule has 4 rings (SSSR count). The smallest absolute Gasteiger partial charge is 0.170 e. The number of carbonyl (C=O) groups excluding carboxylic acids is 1. The average Bonchev–Trinajstić information content (AvgIpc) is 3.12. The summed E-state index contributed by atoms with van der Waals surface area (Å²) in [6, 6.07) is 11.8. The summed E-state index contributed by atoms with van der Waals surface area (Å²) in [4.78, 5) is 20.0. The number of hydrogen-bond acceptors (Lipinski definition) is 6. The van der Waals surface area contributed by atoms with Crippen LogP contribution in [0.3, 0.4) is 0 Å². The Labute approximate surface area is 151 Å². The van der Waals surface area contributed by atoms with Crippen LogP contribution in [0.15, 0.2) is 42.6 Å². The number of aromatic nitrogens is 3. The Hall–Kier alpha value is -2.77. The normalized spacial score (nSPS) is 15.5. The molecule has 3 aromatic rings. The van der Waals surface area contributed by atoms with Crippen molar-refractivity contribution in [1.29, 1.82) is 0 Å². The van der Waals surface area contributed by atoms with E-state index in [1.165, 1.54) is 5.69 Å². The van der Waals surface area contributed by atoms with Crippen LogP contribution in [0.1, 0.15) is 10.5 Å². The van der Waals surface area contributed by atoms with Crippen molar-refractivity contribution in [3.63, 3.8) is 0 Å². The van der Waals surface area contributed by atoms with Crippen molar-refractivity contribution in [2.45, 2.75) is 0 Å². The number of anilines is 1. The fraction of sp³-hybridized carbons (Fsp3) is 0.316. The number of carbonyl (C=O) groups is 1. The molecule has 0 saturated carbocycles. The van der Waals surface area contributed by atoms with E-state index in [-0.39, 0.29) is 6.61 Å². The van der Waals surface area contributed by atoms with Gasteiger partial charge in [-0.2, -0.15) is 5.10 Å². The zero-order chi connectivity index (χ0) is 17.9. The number of β-amino-alcohol motifs (C(OH)–C–C–N with tert-alkyl or cyclic N) is 1. The molecule has 0 spiro atoms. The summed E-state index contributed by atoms with van der Waals surface area (Å²) < 4.78 is 1.70. The number of benzene rings is 1. The van der Waals surface area contributed by atoms with Gasteiger partial charge in [0.2, 0.25) is 0 Å². The van der Waals surface area contributed by atoms with Gasteiger partial charge < -0.3 is 10.0 Å². The second-order valence-corrected chi connectivity index (χ2v) is 6.39. The molecule has 1 fully saturated rings. The second kappa shape index (κ2) is 7.23. The largest absolute Gasteiger partial charge is 0.395 e. The van der Waals surface area contributed by atoms with E-state index < -0.39 is 0 Å². The van der Waals surface area contributed by atoms with E-state index in [1.807, 2.05) is 0 Å². The lowest BCUT2D eigenvalue weighted by Gasteiger charge is -2.35. The molecular weight excluding hydrogens is 330 g/mol. The van der Waals surface area contributed by atoms with Crippen molar-refractivity contribution >= 4 is 17.6 Å². The molecule has 0 amide bonds. The molecule has 7 heteroatoms. The maximum absolute atomic E-state index is 11.0. The van der Waals surface area contributed by atoms with Crippen molar-refractivity contribution in [2.75, 3.05) is 44.2 Å². The van der Waals surface area contributed by atoms with Gasteiger partial charge in [-0.15, -0.1) is 0 Å². The number of rotatable bonds is 5. The maximum atomic E-state index is 11.0. The fourth-order valence-electron chi connectivity index (χ4n) is 3.36. The van der Waals surface area contributed by atoms with Crippen LogP contribution in [0, 0.1) is 0 Å². The first-order chi connectivity index (χ1) is 12.8. The number of fused-ring (bicyclic) bond motifs is 1. The second-order valence-electron chi connectivity index (χ2n) is 6.39. The van der Waals surface area contributed by atoms with Crippen LogP contribution < -0.4 is 4.90 Å². The Morgan fingerprint density at radius 2 is 1.81 bits per heavy atom. The van der Waals surface area contributed by atoms with Crippen LogP contribution in [0.4, 0.5) is 5.69 Å². The van der Waals surface area contributed by atoms with Crippen LogP contribution >= 0.6 is 0 Å². The number of hydrogen-bond donors (Lipinski definition) is 1. The number of aldehydes is 1. The highest BCUT2D eigenvalue weighted by atomic mass is 16.3. The van der Waals surface area contributed by atoms with Crippen molar-refractivity contribution in [3.8, 4) is 11.3 Å². The first kappa shape index (κ1) is 16.7. The summed E-state index contributed by atoms with van der Waals surface area (Å²) in [5.41, 5.74) is 4.16. The summed E-state index contributed by atoms with van der Waals surface area (Å²) in [5, 5.41) is 13.4. The Morgan fingerprint density at radius 3 is 2.50 bits per heavy atom. The number of imidazole rings is 1. The minimum Gasteiger partial charge on any atom is -0.395 e. The lowest BCUT2D eigenvalue weighted by Crippen LogP contribution is -2.47. The number of aliphatic hydroxyl groups is 1. The molecule has 1 aromatic carbocycles. The number of aliphatic hydroxyl groups excluding tert-OH is 1. The summed E-state index contributed by atoms with van der Waals surface area (Å²) in [6.45, 7) is 4.81. The molecular formula is C19H21N5O2. The third kappa shape index (κ3) is 3.18. The van der Waals surface area contributed by atoms with Gasteiger partial charge in [0.1, 0.15) is 5.69 Å². The molecule has 2 aromatic heterocycles. The third-order valence-corrected chi connectivity index (χ3v) is 4.82. The quantitative estimate of drug-likeness (QED) is 0.699. The van der Waals surface area contributed by atoms with Crippen LogP contribution in [0.5, 0.6) is 0 Å². The molecule has 134 valence electrons. The Bertz CT molecular complexity index is 898. The van der Waals surface area contributed by atoms with E-state index in [2.05, 4.69) is 44.1 Å². The van der Waals surface area contributed by atoms with E-state index in [0.717, 1.165) is 55.9 Å². The van der Waals surface area contributed by atoms with E-state index >= 15 is 0 Å². The summed E-state index contributed by atoms with van der Waals surface area (Å²) in [5.74, 6) is 0. The van der Waals surface area contributed by atoms with Gasteiger partial charge in [-0.1, -0.05) is 12.1 Å². The molecule has 1 N–H and O–H groups in total. The number of piperazine rings is 1. The SMILES string of the molecule is O=Cc1ccc2ncc(-c3ccc(N4CCN(CCO)CC4)cc3)n2n1. The van der Waals surface area contributed by atoms with E-state index in [4.69, 9.17) is 5.11 Å². The van der Waals surface area contributed by atoms with E-state index in [1.54, 1.807) is 22.8 Å². The lowest BCUT2D eigenvalue weighted by atomic mass is 10.1. The van der Waals surface area contributed by atoms with E-state index in [0.29, 0.717) is 5.69 Å². The van der Waals surface area contributed by atoms with Crippen LogP contribution in [0.25, 0.3) is 16.9 Å². The van der Waals surface area contributed by atoms with Gasteiger partial charge in [0.25, 0.3) is 0 Å². The van der Waals surface area contributed by atoms with Crippen LogP contribution in [0.2, 0.25) is 0 Å². The molecule has 1 aliphatic heterocycles. The first-order valence-electron chi connectivity index (χ1n) is 8.77. The zero-order valence-corrected chi connectivity index (χ0v) is 14.5. The van der Waals surface area contributed by atoms with E-state index in [9.17, 15) is 4.79 Å². The molecule has 26 heavy (non-hydrogen) atoms. The molecule has 1 saturated heterocycles. The third-order valence-electron chi connectivity index (χ3n) is 4.82. The van der Waals surface area contributed by atoms with Crippen molar-refractivity contribution in [3.05, 3.63) is 48.3 Å². The fourth-order valence-corrected chi connectivity index (χ4v) is 3.36. The van der Waals surface area contributed by atoms with Gasteiger partial charge in [0.05, 0.1) is 18.5 Å². The van der Waals surface area contributed by atoms with Gasteiger partial charge in [0, 0.05) is 44.0 Å². The first-order valence-corrected chi connectivity index (χ1v) is 8.77. The minimum absolute atomic E-state index is 0.216. The summed E-state index contributed by atoms with van der Waals surface area (Å²) >= 11 is 0. The van der Waals surface area contributed by atoms with Gasteiger partial charge in [0.15, 0.2) is 11.9 Å². The highest BCUT2D eigenvalue weighted by molar-refractivity contribution is 5.73. The Balaban J connectivity index is 1.54. The average molecular weight is 351 g/mol. The molecule has 0 aliphatic carbocycles. The molecule has 1 aliphatic rings. The van der Waals surface area contributed by atoms with Gasteiger partial charge in [-0.05, 0) is 24.3 Å². The van der Waals surface area contributed by atoms with Gasteiger partial charge in [-0.3, -0.25) is 9.69 Å². The van der Waals surface area contributed by atoms with Crippen molar-refractivity contribution in [1.82, 2.24) is 19.5 Å². The maximum Gasteiger partial charge on any atom is 0.170 e. The van der Waals surface area contributed by atoms with Gasteiger partial charge >= 0.3 is 0 Å². The predicted molar refractivity (Wildman–Crippen MR) is 99.5 cm³/mol. The molecule has 0 bridgehead atoms. The minimum atomic E-state index is 0.216. The molecule has 0 unspecified atom stereocenters. The van der Waals surface area contributed by atoms with Crippen molar-refractivity contribution in [2.24, 2.45) is 0 Å². The standard InChI is InChI=1S/C19H21N5O2/c25-12-11-22-7-9-23(10-8-22)17-4-1-15(2-5-17)18-13-20-19-6-3-16(14-26)21-24(18)19/h1-6,13-14,25H,7-12H2. The molecule has 3 heterocycles. The lowest BCUT2D eigenvalue weighted by molar-refractivity contribution is 0.111. The molecule has 0 radical (unpaired) electrons. The molecule has 0 atom stereocenters. The van der Waals surface area contributed by atoms with Crippen molar-refractivity contribution < 1.29 is 9.90 Å². The monoisotopic (exact) mass is 351 g/mol. The highest BCUT2D eigenvalue weighted by Crippen LogP contribution is 2.24. The van der Waals surface area contributed by atoms with Crippen LogP contribution in [-0.4, -0.2) is 70.2 Å². The topological polar surface area (TPSA) is 74.0 Å². The Morgan fingerprint density at radius 1 is 1.04 bits per heavy atom. The van der Waals surface area contributed by atoms with Crippen LogP contribution in [-0.2, 0) is 0 Å². The summed E-state index contributed by atoms with van der Waals surface area (Å²) in [6.07, 6.45) is 2.52. The molecule has 7 nitrogen and oxygen atoms in total. The zero-order valence-electron chi connectivity index (χ0n) is 14.5.